The van der Waals surface area contributed by atoms with Gasteiger partial charge in [0.1, 0.15) is 23.0 Å². The molecule has 4 rings (SSSR count). The molecule has 1 amide bonds. The van der Waals surface area contributed by atoms with Crippen molar-refractivity contribution in [3.8, 4) is 11.5 Å². The van der Waals surface area contributed by atoms with Crippen molar-refractivity contribution < 1.29 is 29.0 Å². The first-order valence-corrected chi connectivity index (χ1v) is 9.23. The third kappa shape index (κ3) is 3.41. The van der Waals surface area contributed by atoms with E-state index in [1.54, 1.807) is 48.5 Å². The number of nitrogens with zero attached hydrogens (tertiary/aromatic N) is 1. The van der Waals surface area contributed by atoms with Gasteiger partial charge in [-0.25, -0.2) is 0 Å². The van der Waals surface area contributed by atoms with E-state index in [9.17, 15) is 19.8 Å². The molecule has 1 fully saturated rings. The quantitative estimate of drug-likeness (QED) is 0.382. The van der Waals surface area contributed by atoms with Crippen LogP contribution in [0, 0.1) is 0 Å². The number of aliphatic hydroxyl groups excluding tert-OH is 1. The van der Waals surface area contributed by atoms with E-state index in [1.165, 1.54) is 30.4 Å². The van der Waals surface area contributed by atoms with Crippen LogP contribution in [-0.4, -0.2) is 33.9 Å². The molecule has 2 aromatic carbocycles. The van der Waals surface area contributed by atoms with E-state index in [0.717, 1.165) is 0 Å². The lowest BCUT2D eigenvalue weighted by atomic mass is 9.95. The van der Waals surface area contributed by atoms with Gasteiger partial charge in [0, 0.05) is 5.56 Å². The second kappa shape index (κ2) is 7.79. The molecule has 1 unspecified atom stereocenters. The molecule has 0 bridgehead atoms. The number of ketones is 1. The van der Waals surface area contributed by atoms with Crippen LogP contribution in [0.5, 0.6) is 11.5 Å². The van der Waals surface area contributed by atoms with Crippen molar-refractivity contribution in [2.45, 2.75) is 12.6 Å². The number of furan rings is 1. The Balaban J connectivity index is 1.88. The first-order chi connectivity index (χ1) is 14.5. The minimum absolute atomic E-state index is 0.0162. The van der Waals surface area contributed by atoms with Crippen LogP contribution < -0.4 is 4.74 Å². The smallest absolute Gasteiger partial charge is 0.296 e. The third-order valence-corrected chi connectivity index (χ3v) is 4.98. The van der Waals surface area contributed by atoms with Gasteiger partial charge in [0.25, 0.3) is 11.7 Å². The summed E-state index contributed by atoms with van der Waals surface area (Å²) in [4.78, 5) is 27.1. The number of hydrogen-bond donors (Lipinski definition) is 2. The predicted molar refractivity (Wildman–Crippen MR) is 108 cm³/mol. The number of aromatic hydroxyl groups is 1. The van der Waals surface area contributed by atoms with Gasteiger partial charge >= 0.3 is 0 Å². The molecule has 7 nitrogen and oxygen atoms in total. The van der Waals surface area contributed by atoms with Crippen LogP contribution in [-0.2, 0) is 16.1 Å². The Labute approximate surface area is 172 Å². The maximum atomic E-state index is 12.9. The first kappa shape index (κ1) is 19.3. The zero-order valence-corrected chi connectivity index (χ0v) is 16.1. The molecule has 2 heterocycles. The molecular formula is C23H19NO6. The number of rotatable bonds is 5. The van der Waals surface area contributed by atoms with Crippen LogP contribution in [0.2, 0.25) is 0 Å². The summed E-state index contributed by atoms with van der Waals surface area (Å²) >= 11 is 0. The lowest BCUT2D eigenvalue weighted by Gasteiger charge is -2.24. The molecule has 0 saturated carbocycles. The Hall–Kier alpha value is -4.00. The minimum Gasteiger partial charge on any atom is -0.508 e. The standard InChI is InChI=1S/C23H19NO6/c1-29-17-8-3-6-15(12-17)21(26)19-20(14-5-2-7-16(25)11-14)24(23(28)22(19)27)13-18-9-4-10-30-18/h2-12,20,25-26H,13H2,1H3. The van der Waals surface area contributed by atoms with Crippen LogP contribution in [0.3, 0.4) is 0 Å². The second-order valence-corrected chi connectivity index (χ2v) is 6.83. The fourth-order valence-electron chi connectivity index (χ4n) is 3.58. The highest BCUT2D eigenvalue weighted by molar-refractivity contribution is 6.46. The molecule has 0 radical (unpaired) electrons. The van der Waals surface area contributed by atoms with Crippen molar-refractivity contribution in [3.63, 3.8) is 0 Å². The normalized spacial score (nSPS) is 18.0. The Bertz CT molecular complexity index is 1130. The molecular weight excluding hydrogens is 386 g/mol. The summed E-state index contributed by atoms with van der Waals surface area (Å²) < 4.78 is 10.5. The molecule has 152 valence electrons. The van der Waals surface area contributed by atoms with Crippen LogP contribution in [0.15, 0.2) is 76.9 Å². The van der Waals surface area contributed by atoms with Crippen molar-refractivity contribution in [1.29, 1.82) is 0 Å². The number of Topliss-reactive ketones (excluding diaryl/α,β-unsaturated/α-hetero) is 1. The molecule has 1 aliphatic heterocycles. The number of benzene rings is 2. The van der Waals surface area contributed by atoms with Crippen molar-refractivity contribution in [2.24, 2.45) is 0 Å². The zero-order chi connectivity index (χ0) is 21.3. The summed E-state index contributed by atoms with van der Waals surface area (Å²) in [7, 11) is 1.49. The van der Waals surface area contributed by atoms with Crippen molar-refractivity contribution in [1.82, 2.24) is 4.90 Å². The molecule has 1 aliphatic rings. The summed E-state index contributed by atoms with van der Waals surface area (Å²) in [6.07, 6.45) is 1.48. The molecule has 1 aromatic heterocycles. The number of likely N-dealkylation sites (tertiary alicyclic amines) is 1. The van der Waals surface area contributed by atoms with E-state index >= 15 is 0 Å². The fourth-order valence-corrected chi connectivity index (χ4v) is 3.58. The third-order valence-electron chi connectivity index (χ3n) is 4.98. The maximum absolute atomic E-state index is 12.9. The van der Waals surface area contributed by atoms with Crippen molar-refractivity contribution in [3.05, 3.63) is 89.4 Å². The van der Waals surface area contributed by atoms with Gasteiger partial charge in [-0.3, -0.25) is 9.59 Å². The van der Waals surface area contributed by atoms with Gasteiger partial charge in [-0.15, -0.1) is 0 Å². The van der Waals surface area contributed by atoms with Crippen LogP contribution in [0.25, 0.3) is 5.76 Å². The Kier molecular flexibility index (Phi) is 5.02. The topological polar surface area (TPSA) is 100 Å². The number of phenolic OH excluding ortho intramolecular Hbond substituents is 1. The number of ether oxygens (including phenoxy) is 1. The highest BCUT2D eigenvalue weighted by atomic mass is 16.5. The van der Waals surface area contributed by atoms with E-state index in [4.69, 9.17) is 9.15 Å². The predicted octanol–water partition coefficient (Wildman–Crippen LogP) is 3.62. The summed E-state index contributed by atoms with van der Waals surface area (Å²) in [5.41, 5.74) is 0.770. The number of phenols is 1. The average Bonchev–Trinajstić information content (AvgIpc) is 3.35. The van der Waals surface area contributed by atoms with E-state index in [1.807, 2.05) is 0 Å². The van der Waals surface area contributed by atoms with E-state index < -0.39 is 17.7 Å². The SMILES string of the molecule is COc1cccc(C(O)=C2C(=O)C(=O)N(Cc3ccco3)C2c2cccc(O)c2)c1. The van der Waals surface area contributed by atoms with Gasteiger partial charge < -0.3 is 24.3 Å². The second-order valence-electron chi connectivity index (χ2n) is 6.83. The van der Waals surface area contributed by atoms with Crippen molar-refractivity contribution in [2.75, 3.05) is 7.11 Å². The largest absolute Gasteiger partial charge is 0.508 e. The molecule has 2 N–H and O–H groups in total. The Morgan fingerprint density at radius 1 is 1.10 bits per heavy atom. The van der Waals surface area contributed by atoms with E-state index in [0.29, 0.717) is 22.6 Å². The van der Waals surface area contributed by atoms with Crippen LogP contribution in [0.4, 0.5) is 0 Å². The Morgan fingerprint density at radius 2 is 1.90 bits per heavy atom. The molecule has 1 saturated heterocycles. The van der Waals surface area contributed by atoms with Gasteiger partial charge in [-0.05, 0) is 42.0 Å². The number of carbonyl (C=O) groups excluding carboxylic acids is 2. The number of carbonyl (C=O) groups is 2. The van der Waals surface area contributed by atoms with Gasteiger partial charge in [0.15, 0.2) is 0 Å². The van der Waals surface area contributed by atoms with Gasteiger partial charge in [-0.2, -0.15) is 0 Å². The fraction of sp³-hybridized carbons (Fsp3) is 0.130. The molecule has 1 atom stereocenters. The summed E-state index contributed by atoms with van der Waals surface area (Å²) in [6.45, 7) is 0.0345. The summed E-state index contributed by atoms with van der Waals surface area (Å²) in [6, 6.07) is 15.3. The van der Waals surface area contributed by atoms with E-state index in [2.05, 4.69) is 0 Å². The first-order valence-electron chi connectivity index (χ1n) is 9.23. The molecule has 3 aromatic rings. The van der Waals surface area contributed by atoms with Crippen molar-refractivity contribution >= 4 is 17.4 Å². The van der Waals surface area contributed by atoms with Gasteiger partial charge in [0.2, 0.25) is 0 Å². The summed E-state index contributed by atoms with van der Waals surface area (Å²) in [5, 5.41) is 21.0. The molecule has 0 aliphatic carbocycles. The lowest BCUT2D eigenvalue weighted by Crippen LogP contribution is -2.29. The summed E-state index contributed by atoms with van der Waals surface area (Å²) in [5.74, 6) is -0.916. The Morgan fingerprint density at radius 3 is 2.60 bits per heavy atom. The van der Waals surface area contributed by atoms with Gasteiger partial charge in [-0.1, -0.05) is 24.3 Å². The number of hydrogen-bond acceptors (Lipinski definition) is 6. The van der Waals surface area contributed by atoms with Gasteiger partial charge in [0.05, 0.1) is 31.5 Å². The maximum Gasteiger partial charge on any atom is 0.296 e. The van der Waals surface area contributed by atoms with Crippen LogP contribution >= 0.6 is 0 Å². The highest BCUT2D eigenvalue weighted by Crippen LogP contribution is 2.41. The zero-order valence-electron chi connectivity index (χ0n) is 16.1. The number of amides is 1. The number of aliphatic hydroxyl groups is 1. The molecule has 30 heavy (non-hydrogen) atoms. The van der Waals surface area contributed by atoms with E-state index in [-0.39, 0.29) is 23.6 Å². The average molecular weight is 405 g/mol. The molecule has 0 spiro atoms. The number of methoxy groups -OCH3 is 1. The lowest BCUT2D eigenvalue weighted by molar-refractivity contribution is -0.140. The molecule has 7 heteroatoms. The minimum atomic E-state index is -0.895. The van der Waals surface area contributed by atoms with Crippen LogP contribution in [0.1, 0.15) is 22.9 Å². The highest BCUT2D eigenvalue weighted by Gasteiger charge is 2.46. The monoisotopic (exact) mass is 405 g/mol.